The molecule has 40 heavy (non-hydrogen) atoms. The lowest BCUT2D eigenvalue weighted by molar-refractivity contribution is -0.114. The number of carbonyl (C=O) groups is 2. The number of nitrogens with zero attached hydrogens (tertiary/aromatic N) is 1. The Hall–Kier alpha value is -4.63. The number of nitrogens with one attached hydrogen (secondary N) is 2. The zero-order valence-electron chi connectivity index (χ0n) is 22.3. The molecular formula is C31H31N3O5S. The van der Waals surface area contributed by atoms with Crippen LogP contribution in [-0.2, 0) is 21.4 Å². The van der Waals surface area contributed by atoms with Crippen molar-refractivity contribution in [1.82, 2.24) is 5.32 Å². The first-order valence-electron chi connectivity index (χ1n) is 12.8. The maximum Gasteiger partial charge on any atom is 0.264 e. The Kier molecular flexibility index (Phi) is 9.19. The summed E-state index contributed by atoms with van der Waals surface area (Å²) in [4.78, 5) is 26.3. The summed E-state index contributed by atoms with van der Waals surface area (Å²) in [6.07, 6.45) is 0. The van der Waals surface area contributed by atoms with Crippen LogP contribution in [0.4, 0.5) is 11.4 Å². The lowest BCUT2D eigenvalue weighted by Crippen LogP contribution is -2.38. The van der Waals surface area contributed by atoms with Gasteiger partial charge in [0.05, 0.1) is 28.4 Å². The minimum absolute atomic E-state index is 0.0560. The molecule has 4 aromatic rings. The van der Waals surface area contributed by atoms with Crippen molar-refractivity contribution < 1.29 is 22.7 Å². The molecule has 0 unspecified atom stereocenters. The molecule has 8 nitrogen and oxygen atoms in total. The van der Waals surface area contributed by atoms with Gasteiger partial charge in [-0.15, -0.1) is 0 Å². The summed E-state index contributed by atoms with van der Waals surface area (Å²) in [5.74, 6) is -0.387. The van der Waals surface area contributed by atoms with Gasteiger partial charge in [0.2, 0.25) is 5.91 Å². The molecule has 0 fully saturated rings. The first-order chi connectivity index (χ1) is 19.3. The van der Waals surface area contributed by atoms with E-state index in [1.165, 1.54) is 12.1 Å². The molecule has 2 amide bonds. The van der Waals surface area contributed by atoms with Crippen molar-refractivity contribution in [2.24, 2.45) is 0 Å². The summed E-state index contributed by atoms with van der Waals surface area (Å²) in [6, 6.07) is 29.0. The molecule has 4 rings (SSSR count). The number of anilines is 2. The highest BCUT2D eigenvalue weighted by Gasteiger charge is 2.28. The van der Waals surface area contributed by atoms with Crippen LogP contribution in [0, 0.1) is 6.92 Å². The van der Waals surface area contributed by atoms with Crippen molar-refractivity contribution in [3.05, 3.63) is 120 Å². The van der Waals surface area contributed by atoms with Crippen LogP contribution in [0.25, 0.3) is 0 Å². The highest BCUT2D eigenvalue weighted by molar-refractivity contribution is 7.92. The SMILES string of the molecule is CCOc1ccc(N(CC(=O)Nc2ccccc2C(=O)NCc2ccccc2)S(=O)(=O)c2ccc(C)cc2)cc1. The van der Waals surface area contributed by atoms with Gasteiger partial charge in [0.15, 0.2) is 0 Å². The van der Waals surface area contributed by atoms with E-state index in [2.05, 4.69) is 10.6 Å². The Balaban J connectivity index is 1.57. The highest BCUT2D eigenvalue weighted by Crippen LogP contribution is 2.26. The number of hydrogen-bond acceptors (Lipinski definition) is 5. The second kappa shape index (κ2) is 12.9. The van der Waals surface area contributed by atoms with E-state index in [0.717, 1.165) is 15.4 Å². The van der Waals surface area contributed by atoms with Crippen molar-refractivity contribution in [2.45, 2.75) is 25.3 Å². The Labute approximate surface area is 234 Å². The van der Waals surface area contributed by atoms with Gasteiger partial charge in [-0.25, -0.2) is 8.42 Å². The van der Waals surface area contributed by atoms with Gasteiger partial charge in [0, 0.05) is 6.54 Å². The third-order valence-corrected chi connectivity index (χ3v) is 7.86. The highest BCUT2D eigenvalue weighted by atomic mass is 32.2. The van der Waals surface area contributed by atoms with E-state index in [-0.39, 0.29) is 22.1 Å². The summed E-state index contributed by atoms with van der Waals surface area (Å²) in [5, 5.41) is 5.58. The molecule has 0 saturated heterocycles. The quantitative estimate of drug-likeness (QED) is 0.265. The lowest BCUT2D eigenvalue weighted by Gasteiger charge is -2.24. The van der Waals surface area contributed by atoms with E-state index in [9.17, 15) is 18.0 Å². The maximum absolute atomic E-state index is 13.7. The molecule has 0 aliphatic carbocycles. The number of sulfonamides is 1. The fraction of sp³-hybridized carbons (Fsp3) is 0.161. The van der Waals surface area contributed by atoms with Crippen LogP contribution in [0.5, 0.6) is 5.75 Å². The third-order valence-electron chi connectivity index (χ3n) is 6.07. The normalized spacial score (nSPS) is 10.9. The average molecular weight is 558 g/mol. The van der Waals surface area contributed by atoms with Crippen molar-refractivity contribution in [2.75, 3.05) is 22.8 Å². The van der Waals surface area contributed by atoms with Gasteiger partial charge in [-0.3, -0.25) is 13.9 Å². The molecule has 2 N–H and O–H groups in total. The first kappa shape index (κ1) is 28.4. The van der Waals surface area contributed by atoms with E-state index in [1.54, 1.807) is 60.7 Å². The van der Waals surface area contributed by atoms with E-state index in [4.69, 9.17) is 4.74 Å². The molecule has 206 valence electrons. The van der Waals surface area contributed by atoms with Gasteiger partial charge in [0.25, 0.3) is 15.9 Å². The largest absolute Gasteiger partial charge is 0.494 e. The van der Waals surface area contributed by atoms with Crippen LogP contribution in [-0.4, -0.2) is 33.4 Å². The number of para-hydroxylation sites is 1. The van der Waals surface area contributed by atoms with Gasteiger partial charge >= 0.3 is 0 Å². The molecule has 0 aliphatic heterocycles. The predicted molar refractivity (Wildman–Crippen MR) is 156 cm³/mol. The molecule has 0 radical (unpaired) electrons. The standard InChI is InChI=1S/C31H31N3O5S/c1-3-39-26-17-15-25(16-18-26)34(40(37,38)27-19-13-23(2)14-20-27)22-30(35)33-29-12-8-7-11-28(29)31(36)32-21-24-9-5-4-6-10-24/h4-20H,3,21-22H2,1-2H3,(H,32,36)(H,33,35). The Morgan fingerprint density at radius 3 is 2.15 bits per heavy atom. The van der Waals surface area contributed by atoms with Gasteiger partial charge in [-0.2, -0.15) is 0 Å². The van der Waals surface area contributed by atoms with Gasteiger partial charge in [-0.05, 0) is 67.9 Å². The molecule has 0 aromatic heterocycles. The zero-order valence-corrected chi connectivity index (χ0v) is 23.1. The molecule has 4 aromatic carbocycles. The Morgan fingerprint density at radius 2 is 1.48 bits per heavy atom. The minimum Gasteiger partial charge on any atom is -0.494 e. The fourth-order valence-corrected chi connectivity index (χ4v) is 5.43. The summed E-state index contributed by atoms with van der Waals surface area (Å²) in [7, 11) is -4.10. The topological polar surface area (TPSA) is 105 Å². The summed E-state index contributed by atoms with van der Waals surface area (Å²) < 4.78 is 33.9. The van der Waals surface area contributed by atoms with Crippen LogP contribution in [0.1, 0.15) is 28.4 Å². The maximum atomic E-state index is 13.7. The summed E-state index contributed by atoms with van der Waals surface area (Å²) in [6.45, 7) is 3.99. The Morgan fingerprint density at radius 1 is 0.825 bits per heavy atom. The van der Waals surface area contributed by atoms with Gasteiger partial charge in [-0.1, -0.05) is 60.2 Å². The molecule has 0 heterocycles. The number of aryl methyl sites for hydroxylation is 1. The average Bonchev–Trinajstić information content (AvgIpc) is 2.96. The predicted octanol–water partition coefficient (Wildman–Crippen LogP) is 5.16. The number of hydrogen-bond donors (Lipinski definition) is 2. The van der Waals surface area contributed by atoms with Crippen molar-refractivity contribution in [1.29, 1.82) is 0 Å². The van der Waals surface area contributed by atoms with Crippen molar-refractivity contribution in [3.63, 3.8) is 0 Å². The first-order valence-corrected chi connectivity index (χ1v) is 14.2. The van der Waals surface area contributed by atoms with Gasteiger partial charge < -0.3 is 15.4 Å². The van der Waals surface area contributed by atoms with Gasteiger partial charge in [0.1, 0.15) is 12.3 Å². The van der Waals surface area contributed by atoms with Crippen LogP contribution in [0.2, 0.25) is 0 Å². The molecule has 9 heteroatoms. The molecule has 0 aliphatic rings. The fourth-order valence-electron chi connectivity index (χ4n) is 4.01. The summed E-state index contributed by atoms with van der Waals surface area (Å²) in [5.41, 5.74) is 2.68. The molecule has 0 atom stereocenters. The summed E-state index contributed by atoms with van der Waals surface area (Å²) >= 11 is 0. The van der Waals surface area contributed by atoms with E-state index in [0.29, 0.717) is 24.6 Å². The number of ether oxygens (including phenoxy) is 1. The molecule has 0 saturated carbocycles. The number of carbonyl (C=O) groups excluding carboxylic acids is 2. The number of benzene rings is 4. The van der Waals surface area contributed by atoms with Crippen LogP contribution >= 0.6 is 0 Å². The number of rotatable bonds is 11. The van der Waals surface area contributed by atoms with Crippen molar-refractivity contribution >= 4 is 33.2 Å². The zero-order chi connectivity index (χ0) is 28.5. The lowest BCUT2D eigenvalue weighted by atomic mass is 10.1. The van der Waals surface area contributed by atoms with Crippen LogP contribution in [0.3, 0.4) is 0 Å². The monoisotopic (exact) mass is 557 g/mol. The molecular weight excluding hydrogens is 526 g/mol. The molecule has 0 bridgehead atoms. The van der Waals surface area contributed by atoms with E-state index in [1.807, 2.05) is 44.2 Å². The molecule has 0 spiro atoms. The number of amides is 2. The second-order valence-electron chi connectivity index (χ2n) is 9.01. The Bertz CT molecular complexity index is 1560. The smallest absolute Gasteiger partial charge is 0.264 e. The van der Waals surface area contributed by atoms with Crippen molar-refractivity contribution in [3.8, 4) is 5.75 Å². The van der Waals surface area contributed by atoms with Crippen LogP contribution in [0.15, 0.2) is 108 Å². The third kappa shape index (κ3) is 7.06. The van der Waals surface area contributed by atoms with E-state index >= 15 is 0 Å². The van der Waals surface area contributed by atoms with E-state index < -0.39 is 22.5 Å². The van der Waals surface area contributed by atoms with Crippen LogP contribution < -0.4 is 19.7 Å². The second-order valence-corrected chi connectivity index (χ2v) is 10.9. The minimum atomic E-state index is -4.10.